The van der Waals surface area contributed by atoms with Gasteiger partial charge >= 0.3 is 11.7 Å². The lowest BCUT2D eigenvalue weighted by Crippen LogP contribution is -1.96. The van der Waals surface area contributed by atoms with Crippen molar-refractivity contribution >= 4 is 29.5 Å². The van der Waals surface area contributed by atoms with Crippen molar-refractivity contribution in [3.63, 3.8) is 0 Å². The number of benzene rings is 1. The molecule has 2 heterocycles. The monoisotopic (exact) mass is 405 g/mol. The fourth-order valence-electron chi connectivity index (χ4n) is 2.17. The highest BCUT2D eigenvalue weighted by Crippen LogP contribution is 2.31. The summed E-state index contributed by atoms with van der Waals surface area (Å²) in [5, 5.41) is 27.8. The van der Waals surface area contributed by atoms with E-state index in [1.807, 2.05) is 6.92 Å². The molecule has 3 rings (SSSR count). The Labute approximate surface area is 161 Å². The molecule has 2 aromatic heterocycles. The number of furan rings is 1. The normalized spacial score (nSPS) is 11.6. The molecule has 0 spiro atoms. The molecule has 0 bridgehead atoms. The molecule has 0 radical (unpaired) electrons. The number of nitro groups is 1. The minimum Gasteiger partial charge on any atom is -0.477 e. The van der Waals surface area contributed by atoms with Gasteiger partial charge in [-0.25, -0.2) is 4.79 Å². The van der Waals surface area contributed by atoms with E-state index in [4.69, 9.17) is 8.83 Å². The molecule has 0 aliphatic rings. The second-order valence-corrected chi connectivity index (χ2v) is 6.35. The third-order valence-electron chi connectivity index (χ3n) is 3.49. The van der Waals surface area contributed by atoms with Crippen LogP contribution in [0.25, 0.3) is 17.4 Å². The molecule has 3 aromatic rings. The van der Waals surface area contributed by atoms with Crippen molar-refractivity contribution in [2.45, 2.75) is 18.6 Å². The number of thioether (sulfide) groups is 1. The fourth-order valence-corrected chi connectivity index (χ4v) is 2.84. The van der Waals surface area contributed by atoms with E-state index in [0.29, 0.717) is 12.3 Å². The van der Waals surface area contributed by atoms with Crippen LogP contribution in [0.15, 0.2) is 49.3 Å². The van der Waals surface area contributed by atoms with Crippen LogP contribution in [0.1, 0.15) is 18.6 Å². The zero-order valence-electron chi connectivity index (χ0n) is 14.3. The van der Waals surface area contributed by atoms with Gasteiger partial charge in [0.15, 0.2) is 0 Å². The third kappa shape index (κ3) is 4.26. The van der Waals surface area contributed by atoms with E-state index in [0.717, 1.165) is 23.9 Å². The molecule has 11 heteroatoms. The summed E-state index contributed by atoms with van der Waals surface area (Å²) in [5.41, 5.74) is -0.405. The third-order valence-corrected chi connectivity index (χ3v) is 4.34. The lowest BCUT2D eigenvalue weighted by Gasteiger charge is -1.99. The quantitative estimate of drug-likeness (QED) is 0.266. The Kier molecular flexibility index (Phi) is 5.54. The molecule has 0 unspecified atom stereocenters. The van der Waals surface area contributed by atoms with Crippen LogP contribution in [0.3, 0.4) is 0 Å². The van der Waals surface area contributed by atoms with Crippen molar-refractivity contribution < 1.29 is 28.0 Å². The molecule has 0 fully saturated rings. The molecule has 1 aromatic carbocycles. The molecule has 0 saturated heterocycles. The number of halogens is 1. The van der Waals surface area contributed by atoms with Crippen LogP contribution in [0.4, 0.5) is 10.1 Å². The van der Waals surface area contributed by atoms with E-state index >= 15 is 0 Å². The summed E-state index contributed by atoms with van der Waals surface area (Å²) in [6.07, 6.45) is 1.77. The molecule has 0 amide bonds. The Hall–Kier alpha value is -3.47. The van der Waals surface area contributed by atoms with Crippen LogP contribution in [-0.4, -0.2) is 26.2 Å². The summed E-state index contributed by atoms with van der Waals surface area (Å²) in [7, 11) is 0. The number of rotatable bonds is 7. The highest BCUT2D eigenvalue weighted by molar-refractivity contribution is 8.03. The number of nitro benzene ring substituents is 1. The molecule has 9 nitrogen and oxygen atoms in total. The average Bonchev–Trinajstić information content (AvgIpc) is 3.30. The first kappa shape index (κ1) is 19.3. The number of aryl methyl sites for hydroxylation is 1. The van der Waals surface area contributed by atoms with Gasteiger partial charge in [0.05, 0.1) is 4.92 Å². The maximum Gasteiger partial charge on any atom is 0.342 e. The number of hydrogen-bond acceptors (Lipinski definition) is 8. The summed E-state index contributed by atoms with van der Waals surface area (Å²) >= 11 is 0.764. The second-order valence-electron chi connectivity index (χ2n) is 5.36. The van der Waals surface area contributed by atoms with Crippen molar-refractivity contribution in [2.75, 3.05) is 0 Å². The summed E-state index contributed by atoms with van der Waals surface area (Å²) in [4.78, 5) is 21.4. The molecule has 0 atom stereocenters. The summed E-state index contributed by atoms with van der Waals surface area (Å²) in [5.74, 6) is -1.41. The number of hydrogen-bond donors (Lipinski definition) is 1. The molecule has 28 heavy (non-hydrogen) atoms. The molecule has 0 saturated carbocycles. The van der Waals surface area contributed by atoms with Gasteiger partial charge in [0, 0.05) is 24.1 Å². The van der Waals surface area contributed by atoms with Crippen LogP contribution >= 0.6 is 11.8 Å². The van der Waals surface area contributed by atoms with Gasteiger partial charge in [-0.15, -0.1) is 10.2 Å². The Morgan fingerprint density at radius 2 is 2.11 bits per heavy atom. The number of carboxylic acid groups (broad SMARTS) is 1. The zero-order valence-corrected chi connectivity index (χ0v) is 15.1. The Bertz CT molecular complexity index is 1070. The summed E-state index contributed by atoms with van der Waals surface area (Å²) in [6.45, 7) is 1.82. The van der Waals surface area contributed by atoms with E-state index in [-0.39, 0.29) is 27.2 Å². The zero-order chi connectivity index (χ0) is 20.3. The lowest BCUT2D eigenvalue weighted by atomic mass is 10.1. The fraction of sp³-hybridized carbons (Fsp3) is 0.118. The van der Waals surface area contributed by atoms with E-state index < -0.39 is 22.4 Å². The van der Waals surface area contributed by atoms with Crippen molar-refractivity contribution in [1.29, 1.82) is 0 Å². The van der Waals surface area contributed by atoms with Crippen LogP contribution in [0.5, 0.6) is 0 Å². The maximum atomic E-state index is 13.5. The minimum absolute atomic E-state index is 0.0754. The molecule has 1 N–H and O–H groups in total. The van der Waals surface area contributed by atoms with Crippen LogP contribution in [-0.2, 0) is 11.2 Å². The molecule has 144 valence electrons. The smallest absolute Gasteiger partial charge is 0.342 e. The van der Waals surface area contributed by atoms with Gasteiger partial charge in [-0.05, 0) is 36.0 Å². The van der Waals surface area contributed by atoms with E-state index in [2.05, 4.69) is 10.2 Å². The van der Waals surface area contributed by atoms with Gasteiger partial charge in [0.2, 0.25) is 11.7 Å². The van der Waals surface area contributed by atoms with Crippen LogP contribution in [0, 0.1) is 15.9 Å². The standard InChI is InChI=1S/C17H12FN3O6S/c1-2-15-19-20-17(27-15)28-14(16(22)23)8-10-4-6-13(26-10)9-3-5-11(18)12(7-9)21(24)25/h3-8H,2H2,1H3,(H,22,23)/b14-8-. The minimum atomic E-state index is -1.23. The summed E-state index contributed by atoms with van der Waals surface area (Å²) < 4.78 is 24.3. The van der Waals surface area contributed by atoms with Crippen molar-refractivity contribution in [3.8, 4) is 11.3 Å². The molecular weight excluding hydrogens is 393 g/mol. The molecular formula is C17H12FN3O6S. The van der Waals surface area contributed by atoms with Crippen molar-refractivity contribution in [2.24, 2.45) is 0 Å². The molecule has 0 aliphatic carbocycles. The average molecular weight is 405 g/mol. The Balaban J connectivity index is 1.88. The first-order valence-corrected chi connectivity index (χ1v) is 8.68. The predicted molar refractivity (Wildman–Crippen MR) is 95.9 cm³/mol. The van der Waals surface area contributed by atoms with Crippen molar-refractivity contribution in [3.05, 3.63) is 62.8 Å². The molecule has 0 aliphatic heterocycles. The van der Waals surface area contributed by atoms with E-state index in [1.165, 1.54) is 24.3 Å². The first-order valence-electron chi connectivity index (χ1n) is 7.86. The lowest BCUT2D eigenvalue weighted by molar-refractivity contribution is -0.387. The second kappa shape index (κ2) is 8.05. The number of carboxylic acids is 1. The number of nitrogens with zero attached hydrogens (tertiary/aromatic N) is 3. The van der Waals surface area contributed by atoms with Gasteiger partial charge in [0.25, 0.3) is 5.22 Å². The highest BCUT2D eigenvalue weighted by atomic mass is 32.2. The van der Waals surface area contributed by atoms with E-state index in [9.17, 15) is 24.4 Å². The maximum absolute atomic E-state index is 13.5. The SMILES string of the molecule is CCc1nnc(S/C(=C\c2ccc(-c3ccc(F)c([N+](=O)[O-])c3)o2)C(=O)O)o1. The van der Waals surface area contributed by atoms with Gasteiger partial charge in [-0.1, -0.05) is 6.92 Å². The number of carbonyl (C=O) groups is 1. The van der Waals surface area contributed by atoms with Gasteiger partial charge in [-0.2, -0.15) is 4.39 Å². The van der Waals surface area contributed by atoms with E-state index in [1.54, 1.807) is 0 Å². The largest absolute Gasteiger partial charge is 0.477 e. The van der Waals surface area contributed by atoms with Gasteiger partial charge < -0.3 is 13.9 Å². The predicted octanol–water partition coefficient (Wildman–Crippen LogP) is 4.16. The Morgan fingerprint density at radius 1 is 1.32 bits per heavy atom. The van der Waals surface area contributed by atoms with Gasteiger partial charge in [0.1, 0.15) is 16.4 Å². The first-order chi connectivity index (χ1) is 13.4. The number of aromatic nitrogens is 2. The Morgan fingerprint density at radius 3 is 2.75 bits per heavy atom. The summed E-state index contributed by atoms with van der Waals surface area (Å²) in [6, 6.07) is 6.31. The van der Waals surface area contributed by atoms with Gasteiger partial charge in [-0.3, -0.25) is 10.1 Å². The van der Waals surface area contributed by atoms with Crippen LogP contribution < -0.4 is 0 Å². The highest BCUT2D eigenvalue weighted by Gasteiger charge is 2.18. The topological polar surface area (TPSA) is 132 Å². The van der Waals surface area contributed by atoms with Crippen LogP contribution in [0.2, 0.25) is 0 Å². The van der Waals surface area contributed by atoms with Crippen molar-refractivity contribution in [1.82, 2.24) is 10.2 Å². The number of aliphatic carboxylic acids is 1.